The Hall–Kier alpha value is -3.07. The summed E-state index contributed by atoms with van der Waals surface area (Å²) in [5.74, 6) is 0.823. The molecular formula is C19H21FN6O2. The molecular weight excluding hydrogens is 363 g/mol. The summed E-state index contributed by atoms with van der Waals surface area (Å²) in [6.07, 6.45) is 2.21. The van der Waals surface area contributed by atoms with Crippen LogP contribution in [0.1, 0.15) is 23.7 Å². The van der Waals surface area contributed by atoms with Crippen LogP contribution in [0, 0.1) is 12.7 Å². The third kappa shape index (κ3) is 4.09. The van der Waals surface area contributed by atoms with E-state index in [2.05, 4.69) is 25.2 Å². The summed E-state index contributed by atoms with van der Waals surface area (Å²) in [5, 5.41) is 11.0. The molecule has 1 N–H and O–H groups in total. The number of benzene rings is 1. The van der Waals surface area contributed by atoms with E-state index in [4.69, 9.17) is 4.52 Å². The van der Waals surface area contributed by atoms with Crippen molar-refractivity contribution in [2.24, 2.45) is 0 Å². The Labute approximate surface area is 161 Å². The lowest BCUT2D eigenvalue weighted by atomic mass is 10.1. The van der Waals surface area contributed by atoms with Gasteiger partial charge in [-0.2, -0.15) is 10.1 Å². The molecule has 0 saturated carbocycles. The Morgan fingerprint density at radius 3 is 2.75 bits per heavy atom. The molecule has 1 aliphatic rings. The predicted molar refractivity (Wildman–Crippen MR) is 98.3 cm³/mol. The van der Waals surface area contributed by atoms with Crippen LogP contribution in [0.2, 0.25) is 0 Å². The first-order valence-corrected chi connectivity index (χ1v) is 9.16. The minimum Gasteiger partial charge on any atom is -0.340 e. The van der Waals surface area contributed by atoms with Crippen LogP contribution in [-0.2, 0) is 17.9 Å². The number of H-pyrrole nitrogens is 1. The van der Waals surface area contributed by atoms with Crippen LogP contribution in [0.25, 0.3) is 11.3 Å². The maximum atomic E-state index is 13.2. The molecule has 0 radical (unpaired) electrons. The van der Waals surface area contributed by atoms with Crippen molar-refractivity contribution < 1.29 is 13.7 Å². The highest BCUT2D eigenvalue weighted by molar-refractivity contribution is 5.76. The molecule has 146 valence electrons. The molecule has 1 saturated heterocycles. The molecule has 1 aliphatic heterocycles. The zero-order chi connectivity index (χ0) is 19.5. The van der Waals surface area contributed by atoms with Gasteiger partial charge in [0.2, 0.25) is 11.8 Å². The van der Waals surface area contributed by atoms with Gasteiger partial charge in [0.1, 0.15) is 5.82 Å². The minimum absolute atomic E-state index is 0.0795. The fraction of sp³-hybridized carbons (Fsp3) is 0.368. The maximum absolute atomic E-state index is 13.2. The fourth-order valence-corrected chi connectivity index (χ4v) is 3.35. The van der Waals surface area contributed by atoms with E-state index in [1.54, 1.807) is 30.2 Å². The van der Waals surface area contributed by atoms with Crippen LogP contribution < -0.4 is 0 Å². The summed E-state index contributed by atoms with van der Waals surface area (Å²) >= 11 is 0. The number of aryl methyl sites for hydroxylation is 1. The molecule has 3 heterocycles. The topological polar surface area (TPSA) is 91.2 Å². The first-order valence-electron chi connectivity index (χ1n) is 9.16. The number of carbonyl (C=O) groups is 1. The second kappa shape index (κ2) is 7.89. The molecule has 0 aliphatic carbocycles. The summed E-state index contributed by atoms with van der Waals surface area (Å²) in [5.41, 5.74) is 2.77. The molecule has 9 heteroatoms. The van der Waals surface area contributed by atoms with E-state index in [0.29, 0.717) is 44.3 Å². The highest BCUT2D eigenvalue weighted by Crippen LogP contribution is 2.23. The Morgan fingerprint density at radius 1 is 1.18 bits per heavy atom. The molecule has 0 spiro atoms. The highest BCUT2D eigenvalue weighted by atomic mass is 19.1. The van der Waals surface area contributed by atoms with Crippen molar-refractivity contribution in [1.29, 1.82) is 0 Å². The van der Waals surface area contributed by atoms with E-state index >= 15 is 0 Å². The van der Waals surface area contributed by atoms with Gasteiger partial charge in [0.15, 0.2) is 5.82 Å². The third-order valence-electron chi connectivity index (χ3n) is 4.83. The van der Waals surface area contributed by atoms with Crippen molar-refractivity contribution >= 4 is 5.91 Å². The van der Waals surface area contributed by atoms with Gasteiger partial charge in [-0.25, -0.2) is 4.39 Å². The lowest BCUT2D eigenvalue weighted by Gasteiger charge is -2.21. The van der Waals surface area contributed by atoms with Gasteiger partial charge >= 0.3 is 0 Å². The van der Waals surface area contributed by atoms with Crippen LogP contribution in [0.5, 0.6) is 0 Å². The molecule has 8 nitrogen and oxygen atoms in total. The van der Waals surface area contributed by atoms with E-state index in [9.17, 15) is 9.18 Å². The van der Waals surface area contributed by atoms with E-state index in [1.165, 1.54) is 12.1 Å². The lowest BCUT2D eigenvalue weighted by Crippen LogP contribution is -2.33. The Balaban J connectivity index is 1.42. The van der Waals surface area contributed by atoms with Crippen LogP contribution in [0.3, 0.4) is 0 Å². The molecule has 4 rings (SSSR count). The second-order valence-corrected chi connectivity index (χ2v) is 6.85. The van der Waals surface area contributed by atoms with Crippen LogP contribution in [0.4, 0.5) is 4.39 Å². The number of hydrogen-bond acceptors (Lipinski definition) is 6. The number of aromatic nitrogens is 4. The van der Waals surface area contributed by atoms with Crippen molar-refractivity contribution in [3.8, 4) is 11.3 Å². The predicted octanol–water partition coefficient (Wildman–Crippen LogP) is 2.14. The van der Waals surface area contributed by atoms with Crippen LogP contribution in [-0.4, -0.2) is 55.7 Å². The molecule has 28 heavy (non-hydrogen) atoms. The summed E-state index contributed by atoms with van der Waals surface area (Å²) in [7, 11) is 0. The number of hydrogen-bond donors (Lipinski definition) is 1. The van der Waals surface area contributed by atoms with Crippen molar-refractivity contribution in [3.63, 3.8) is 0 Å². The van der Waals surface area contributed by atoms with Crippen molar-refractivity contribution in [2.45, 2.75) is 26.4 Å². The van der Waals surface area contributed by atoms with Gasteiger partial charge in [0.25, 0.3) is 0 Å². The zero-order valence-corrected chi connectivity index (χ0v) is 15.6. The number of aromatic amines is 1. The standard InChI is InChI=1S/C19H21FN6O2/c1-13-22-17(24-28-13)12-26-9-8-25(7-6-18(26)27)11-15-10-21-23-19(15)14-2-4-16(20)5-3-14/h2-5,10H,6-9,11-12H2,1H3,(H,21,23). The third-order valence-corrected chi connectivity index (χ3v) is 4.83. The highest BCUT2D eigenvalue weighted by Gasteiger charge is 2.23. The zero-order valence-electron chi connectivity index (χ0n) is 15.6. The number of halogens is 1. The first-order chi connectivity index (χ1) is 13.6. The molecule has 1 fully saturated rings. The normalized spacial score (nSPS) is 15.8. The van der Waals surface area contributed by atoms with Crippen LogP contribution in [0.15, 0.2) is 35.0 Å². The number of carbonyl (C=O) groups excluding carboxylic acids is 1. The van der Waals surface area contributed by atoms with Gasteiger partial charge in [-0.1, -0.05) is 5.16 Å². The van der Waals surface area contributed by atoms with E-state index in [-0.39, 0.29) is 11.7 Å². The quantitative estimate of drug-likeness (QED) is 0.725. The van der Waals surface area contributed by atoms with Gasteiger partial charge in [-0.3, -0.25) is 14.8 Å². The average molecular weight is 384 g/mol. The average Bonchev–Trinajstić information content (AvgIpc) is 3.27. The number of nitrogens with one attached hydrogen (secondary N) is 1. The maximum Gasteiger partial charge on any atom is 0.224 e. The number of amides is 1. The van der Waals surface area contributed by atoms with E-state index < -0.39 is 0 Å². The fourth-order valence-electron chi connectivity index (χ4n) is 3.35. The smallest absolute Gasteiger partial charge is 0.224 e. The molecule has 2 aromatic heterocycles. The van der Waals surface area contributed by atoms with Gasteiger partial charge in [-0.15, -0.1) is 0 Å². The van der Waals surface area contributed by atoms with Crippen molar-refractivity contribution in [2.75, 3.05) is 19.6 Å². The number of rotatable bonds is 5. The van der Waals surface area contributed by atoms with E-state index in [0.717, 1.165) is 23.4 Å². The Bertz CT molecular complexity index is 952. The van der Waals surface area contributed by atoms with Gasteiger partial charge < -0.3 is 9.42 Å². The molecule has 1 amide bonds. The summed E-state index contributed by atoms with van der Waals surface area (Å²) in [6, 6.07) is 6.32. The molecule has 3 aromatic rings. The SMILES string of the molecule is Cc1nc(CN2CCN(Cc3cn[nH]c3-c3ccc(F)cc3)CCC2=O)no1. The summed E-state index contributed by atoms with van der Waals surface area (Å²) in [6.45, 7) is 4.73. The van der Waals surface area contributed by atoms with Crippen molar-refractivity contribution in [3.05, 3.63) is 53.6 Å². The molecule has 0 unspecified atom stereocenters. The van der Waals surface area contributed by atoms with Gasteiger partial charge in [0.05, 0.1) is 18.4 Å². The van der Waals surface area contributed by atoms with E-state index in [1.807, 2.05) is 0 Å². The first kappa shape index (κ1) is 18.3. The summed E-state index contributed by atoms with van der Waals surface area (Å²) < 4.78 is 18.2. The largest absolute Gasteiger partial charge is 0.340 e. The lowest BCUT2D eigenvalue weighted by molar-refractivity contribution is -0.131. The second-order valence-electron chi connectivity index (χ2n) is 6.85. The van der Waals surface area contributed by atoms with Gasteiger partial charge in [0, 0.05) is 50.7 Å². The Morgan fingerprint density at radius 2 is 2.00 bits per heavy atom. The Kier molecular flexibility index (Phi) is 5.16. The monoisotopic (exact) mass is 384 g/mol. The number of nitrogens with zero attached hydrogens (tertiary/aromatic N) is 5. The minimum atomic E-state index is -0.271. The molecule has 0 bridgehead atoms. The molecule has 1 aromatic carbocycles. The van der Waals surface area contributed by atoms with Crippen LogP contribution >= 0.6 is 0 Å². The van der Waals surface area contributed by atoms with Gasteiger partial charge in [-0.05, 0) is 24.3 Å². The summed E-state index contributed by atoms with van der Waals surface area (Å²) in [4.78, 5) is 20.6. The van der Waals surface area contributed by atoms with Crippen molar-refractivity contribution in [1.82, 2.24) is 30.1 Å². The molecule has 0 atom stereocenters.